The fourth-order valence-corrected chi connectivity index (χ4v) is 2.05. The number of likely N-dealkylation sites (N-methyl/N-ethyl adjacent to an activating group) is 1. The van der Waals surface area contributed by atoms with E-state index in [4.69, 9.17) is 4.52 Å². The molecule has 3 rings (SSSR count). The number of rotatable bonds is 5. The molecule has 1 atom stereocenters. The maximum Gasteiger partial charge on any atom is 0.228 e. The standard InChI is InChI=1S/C12H15N5O/c1-13-9(8-2-3-8)6-11-16-12(17-18-11)10-7-14-4-5-15-10/h4-5,7-9,13H,2-3,6H2,1H3. The molecule has 1 fully saturated rings. The molecule has 0 bridgehead atoms. The second-order valence-electron chi connectivity index (χ2n) is 4.54. The summed E-state index contributed by atoms with van der Waals surface area (Å²) in [6.45, 7) is 0. The van der Waals surface area contributed by atoms with Crippen LogP contribution in [0.15, 0.2) is 23.1 Å². The van der Waals surface area contributed by atoms with Crippen molar-refractivity contribution in [2.24, 2.45) is 5.92 Å². The van der Waals surface area contributed by atoms with E-state index in [1.807, 2.05) is 7.05 Å². The van der Waals surface area contributed by atoms with Gasteiger partial charge in [0.1, 0.15) is 5.69 Å². The Bertz CT molecular complexity index is 508. The summed E-state index contributed by atoms with van der Waals surface area (Å²) in [6.07, 6.45) is 8.22. The van der Waals surface area contributed by atoms with E-state index >= 15 is 0 Å². The number of aromatic nitrogens is 4. The average Bonchev–Trinajstić information content (AvgIpc) is 3.16. The lowest BCUT2D eigenvalue weighted by molar-refractivity contribution is 0.352. The first kappa shape index (κ1) is 11.3. The second kappa shape index (κ2) is 4.81. The van der Waals surface area contributed by atoms with Gasteiger partial charge in [-0.1, -0.05) is 5.16 Å². The van der Waals surface area contributed by atoms with Crippen LogP contribution in [0.3, 0.4) is 0 Å². The van der Waals surface area contributed by atoms with Crippen LogP contribution in [-0.2, 0) is 6.42 Å². The molecule has 1 saturated carbocycles. The van der Waals surface area contributed by atoms with Gasteiger partial charge in [-0.05, 0) is 25.8 Å². The summed E-state index contributed by atoms with van der Waals surface area (Å²) in [4.78, 5) is 12.5. The number of hydrogen-bond acceptors (Lipinski definition) is 6. The third-order valence-electron chi connectivity index (χ3n) is 3.22. The van der Waals surface area contributed by atoms with Crippen LogP contribution in [0.2, 0.25) is 0 Å². The maximum atomic E-state index is 5.26. The second-order valence-corrected chi connectivity index (χ2v) is 4.54. The Balaban J connectivity index is 1.73. The molecule has 1 aliphatic carbocycles. The molecule has 1 unspecified atom stereocenters. The zero-order chi connectivity index (χ0) is 12.4. The lowest BCUT2D eigenvalue weighted by atomic mass is 10.1. The Morgan fingerprint density at radius 1 is 1.44 bits per heavy atom. The molecule has 2 aromatic rings. The van der Waals surface area contributed by atoms with Crippen molar-refractivity contribution in [2.75, 3.05) is 7.05 Å². The van der Waals surface area contributed by atoms with Crippen molar-refractivity contribution in [1.82, 2.24) is 25.4 Å². The number of hydrogen-bond donors (Lipinski definition) is 1. The van der Waals surface area contributed by atoms with Crippen LogP contribution in [0.5, 0.6) is 0 Å². The van der Waals surface area contributed by atoms with Crippen molar-refractivity contribution in [3.63, 3.8) is 0 Å². The number of nitrogens with one attached hydrogen (secondary N) is 1. The molecule has 0 amide bonds. The molecule has 0 saturated heterocycles. The van der Waals surface area contributed by atoms with E-state index in [2.05, 4.69) is 25.4 Å². The van der Waals surface area contributed by atoms with E-state index in [0.29, 0.717) is 23.5 Å². The van der Waals surface area contributed by atoms with Crippen molar-refractivity contribution in [2.45, 2.75) is 25.3 Å². The first-order valence-corrected chi connectivity index (χ1v) is 6.13. The smallest absolute Gasteiger partial charge is 0.228 e. The largest absolute Gasteiger partial charge is 0.339 e. The highest BCUT2D eigenvalue weighted by molar-refractivity contribution is 5.45. The summed E-state index contributed by atoms with van der Waals surface area (Å²) >= 11 is 0. The van der Waals surface area contributed by atoms with E-state index in [-0.39, 0.29) is 0 Å². The first-order valence-electron chi connectivity index (χ1n) is 6.13. The SMILES string of the molecule is CNC(Cc1nc(-c2cnccn2)no1)C1CC1. The van der Waals surface area contributed by atoms with E-state index in [0.717, 1.165) is 12.3 Å². The Labute approximate surface area is 105 Å². The molecule has 1 N–H and O–H groups in total. The fourth-order valence-electron chi connectivity index (χ4n) is 2.05. The minimum Gasteiger partial charge on any atom is -0.339 e. The molecule has 0 aromatic carbocycles. The van der Waals surface area contributed by atoms with Crippen LogP contribution in [-0.4, -0.2) is 33.2 Å². The van der Waals surface area contributed by atoms with Gasteiger partial charge < -0.3 is 9.84 Å². The predicted molar refractivity (Wildman–Crippen MR) is 64.6 cm³/mol. The third-order valence-corrected chi connectivity index (χ3v) is 3.22. The molecular formula is C12H15N5O. The van der Waals surface area contributed by atoms with Crippen LogP contribution < -0.4 is 5.32 Å². The van der Waals surface area contributed by atoms with Crippen molar-refractivity contribution >= 4 is 0 Å². The number of nitrogens with zero attached hydrogens (tertiary/aromatic N) is 4. The highest BCUT2D eigenvalue weighted by Crippen LogP contribution is 2.33. The van der Waals surface area contributed by atoms with Crippen LogP contribution in [0.4, 0.5) is 0 Å². The molecule has 18 heavy (non-hydrogen) atoms. The zero-order valence-electron chi connectivity index (χ0n) is 10.2. The third kappa shape index (κ3) is 2.38. The monoisotopic (exact) mass is 245 g/mol. The summed E-state index contributed by atoms with van der Waals surface area (Å²) in [7, 11) is 1.98. The van der Waals surface area contributed by atoms with Crippen LogP contribution >= 0.6 is 0 Å². The summed E-state index contributed by atoms with van der Waals surface area (Å²) in [5.74, 6) is 1.91. The van der Waals surface area contributed by atoms with E-state index < -0.39 is 0 Å². The Kier molecular flexibility index (Phi) is 3.02. The van der Waals surface area contributed by atoms with Gasteiger partial charge in [-0.25, -0.2) is 4.98 Å². The lowest BCUT2D eigenvalue weighted by Gasteiger charge is -2.11. The molecule has 2 aromatic heterocycles. The molecule has 2 heterocycles. The molecule has 6 nitrogen and oxygen atoms in total. The van der Waals surface area contributed by atoms with Gasteiger partial charge in [0, 0.05) is 24.9 Å². The summed E-state index contributed by atoms with van der Waals surface area (Å²) in [5.41, 5.74) is 0.639. The molecule has 0 radical (unpaired) electrons. The van der Waals surface area contributed by atoms with Gasteiger partial charge in [0.2, 0.25) is 11.7 Å². The average molecular weight is 245 g/mol. The minimum absolute atomic E-state index is 0.431. The van der Waals surface area contributed by atoms with Gasteiger partial charge in [0.05, 0.1) is 6.20 Å². The topological polar surface area (TPSA) is 76.7 Å². The molecule has 6 heteroatoms. The van der Waals surface area contributed by atoms with Gasteiger partial charge in [0.25, 0.3) is 0 Å². The first-order chi connectivity index (χ1) is 8.86. The fraction of sp³-hybridized carbons (Fsp3) is 0.500. The van der Waals surface area contributed by atoms with Crippen molar-refractivity contribution in [1.29, 1.82) is 0 Å². The predicted octanol–water partition coefficient (Wildman–Crippen LogP) is 1.07. The van der Waals surface area contributed by atoms with Crippen molar-refractivity contribution in [3.05, 3.63) is 24.5 Å². The van der Waals surface area contributed by atoms with Gasteiger partial charge in [-0.2, -0.15) is 4.98 Å². The highest BCUT2D eigenvalue weighted by Gasteiger charge is 2.31. The quantitative estimate of drug-likeness (QED) is 0.849. The Hall–Kier alpha value is -1.82. The van der Waals surface area contributed by atoms with Crippen molar-refractivity contribution < 1.29 is 4.52 Å². The normalized spacial score (nSPS) is 16.7. The van der Waals surface area contributed by atoms with Crippen LogP contribution in [0.25, 0.3) is 11.5 Å². The van der Waals surface area contributed by atoms with E-state index in [1.165, 1.54) is 12.8 Å². The van der Waals surface area contributed by atoms with Gasteiger partial charge >= 0.3 is 0 Å². The lowest BCUT2D eigenvalue weighted by Crippen LogP contribution is -2.29. The van der Waals surface area contributed by atoms with E-state index in [1.54, 1.807) is 18.6 Å². The summed E-state index contributed by atoms with van der Waals surface area (Å²) < 4.78 is 5.26. The molecule has 0 spiro atoms. The highest BCUT2D eigenvalue weighted by atomic mass is 16.5. The summed E-state index contributed by atoms with van der Waals surface area (Å²) in [5, 5.41) is 7.24. The Morgan fingerprint density at radius 3 is 3.00 bits per heavy atom. The van der Waals surface area contributed by atoms with Gasteiger partial charge in [0.15, 0.2) is 0 Å². The minimum atomic E-state index is 0.431. The van der Waals surface area contributed by atoms with Gasteiger partial charge in [-0.15, -0.1) is 0 Å². The Morgan fingerprint density at radius 2 is 2.33 bits per heavy atom. The van der Waals surface area contributed by atoms with Crippen molar-refractivity contribution in [3.8, 4) is 11.5 Å². The van der Waals surface area contributed by atoms with Gasteiger partial charge in [-0.3, -0.25) is 4.98 Å². The van der Waals surface area contributed by atoms with E-state index in [9.17, 15) is 0 Å². The van der Waals surface area contributed by atoms with Crippen LogP contribution in [0, 0.1) is 5.92 Å². The molecular weight excluding hydrogens is 230 g/mol. The summed E-state index contributed by atoms with van der Waals surface area (Å²) in [6, 6.07) is 0.431. The molecule has 1 aliphatic rings. The maximum absolute atomic E-state index is 5.26. The molecule has 0 aliphatic heterocycles. The molecule has 94 valence electrons. The zero-order valence-corrected chi connectivity index (χ0v) is 10.2. The van der Waals surface area contributed by atoms with Crippen LogP contribution in [0.1, 0.15) is 18.7 Å².